The third-order valence-corrected chi connectivity index (χ3v) is 12.8. The molecule has 2 bridgehead atoms. The van der Waals surface area contributed by atoms with Crippen molar-refractivity contribution in [2.75, 3.05) is 13.2 Å². The highest BCUT2D eigenvalue weighted by Gasteiger charge is 2.60. The van der Waals surface area contributed by atoms with Gasteiger partial charge in [0.15, 0.2) is 6.23 Å². The third kappa shape index (κ3) is 4.24. The van der Waals surface area contributed by atoms with Gasteiger partial charge < -0.3 is 19.6 Å². The lowest BCUT2D eigenvalue weighted by atomic mass is 9.89. The number of nitrogens with zero attached hydrogens (tertiary/aromatic N) is 1. The van der Waals surface area contributed by atoms with Gasteiger partial charge in [-0.25, -0.2) is 4.79 Å². The minimum atomic E-state index is -2.83. The zero-order valence-corrected chi connectivity index (χ0v) is 22.8. The van der Waals surface area contributed by atoms with Gasteiger partial charge in [0, 0.05) is 18.2 Å². The van der Waals surface area contributed by atoms with Gasteiger partial charge in [-0.1, -0.05) is 81.4 Å². The van der Waals surface area contributed by atoms with Crippen LogP contribution in [-0.2, 0) is 13.9 Å². The maximum Gasteiger partial charge on any atom is 0.330 e. The van der Waals surface area contributed by atoms with Crippen molar-refractivity contribution in [3.8, 4) is 0 Å². The van der Waals surface area contributed by atoms with Crippen LogP contribution in [0.4, 0.5) is 0 Å². The standard InChI is InChI=1S/C28H35N3O5Si/c1-19-17-31(26(33)30-24(19)32)25-22-23(29)28(36-25,15-16-34-22)18-35-37(27(2,3)4,20-11-7-5-8-12-20)21-13-9-6-10-14-21/h5-14,17,22-23,25H,15-16,18,29H2,1-4H3,(H,30,32,33)/t22-,23+,25-,28-/m1/s1. The highest BCUT2D eigenvalue weighted by atomic mass is 28.4. The Morgan fingerprint density at radius 2 is 1.68 bits per heavy atom. The van der Waals surface area contributed by atoms with Crippen LogP contribution in [0, 0.1) is 6.92 Å². The van der Waals surface area contributed by atoms with Crippen molar-refractivity contribution >= 4 is 18.7 Å². The number of nitrogens with two attached hydrogens (primary N) is 1. The first-order valence-corrected chi connectivity index (χ1v) is 14.6. The van der Waals surface area contributed by atoms with Gasteiger partial charge >= 0.3 is 5.69 Å². The van der Waals surface area contributed by atoms with Gasteiger partial charge in [-0.15, -0.1) is 0 Å². The second kappa shape index (κ2) is 9.49. The first-order valence-electron chi connectivity index (χ1n) is 12.7. The van der Waals surface area contributed by atoms with E-state index < -0.39 is 43.5 Å². The highest BCUT2D eigenvalue weighted by Crippen LogP contribution is 2.45. The minimum Gasteiger partial charge on any atom is -0.404 e. The maximum atomic E-state index is 12.7. The van der Waals surface area contributed by atoms with E-state index in [1.165, 1.54) is 21.1 Å². The second-order valence-electron chi connectivity index (χ2n) is 11.1. The molecule has 0 radical (unpaired) electrons. The van der Waals surface area contributed by atoms with Crippen LogP contribution in [0.1, 0.15) is 39.0 Å². The summed E-state index contributed by atoms with van der Waals surface area (Å²) in [6.45, 7) is 9.03. The second-order valence-corrected chi connectivity index (χ2v) is 15.4. The number of nitrogens with one attached hydrogen (secondary N) is 1. The van der Waals surface area contributed by atoms with Crippen LogP contribution in [0.3, 0.4) is 0 Å². The van der Waals surface area contributed by atoms with Gasteiger partial charge in [0.25, 0.3) is 13.9 Å². The molecule has 4 atom stereocenters. The molecule has 2 saturated heterocycles. The fraction of sp³-hybridized carbons (Fsp3) is 0.429. The van der Waals surface area contributed by atoms with E-state index in [0.29, 0.717) is 18.6 Å². The molecule has 0 unspecified atom stereocenters. The lowest BCUT2D eigenvalue weighted by Crippen LogP contribution is -2.69. The number of hydrogen-bond donors (Lipinski definition) is 2. The predicted octanol–water partition coefficient (Wildman–Crippen LogP) is 1.81. The molecule has 2 fully saturated rings. The average Bonchev–Trinajstić information content (AvgIpc) is 3.01. The van der Waals surface area contributed by atoms with Crippen LogP contribution < -0.4 is 27.4 Å². The molecule has 1 aromatic heterocycles. The summed E-state index contributed by atoms with van der Waals surface area (Å²) < 4.78 is 21.2. The van der Waals surface area contributed by atoms with E-state index in [2.05, 4.69) is 74.3 Å². The number of ether oxygens (including phenoxy) is 2. The summed E-state index contributed by atoms with van der Waals surface area (Å²) in [5.74, 6) is 0. The Bertz CT molecular complexity index is 1330. The molecular weight excluding hydrogens is 486 g/mol. The zero-order valence-electron chi connectivity index (χ0n) is 21.8. The van der Waals surface area contributed by atoms with Crippen molar-refractivity contribution in [3.63, 3.8) is 0 Å². The SMILES string of the molecule is Cc1cn([C@@H]2O[C@@]3(CO[Si](c4ccccc4)(c4ccccc4)C(C)(C)C)CCO[C@@H]2[C@@H]3N)c(=O)[nH]c1=O. The van der Waals surface area contributed by atoms with Crippen molar-refractivity contribution in [2.24, 2.45) is 5.73 Å². The van der Waals surface area contributed by atoms with E-state index in [0.717, 1.165) is 0 Å². The quantitative estimate of drug-likeness (QED) is 0.479. The van der Waals surface area contributed by atoms with Crippen molar-refractivity contribution in [1.82, 2.24) is 9.55 Å². The molecule has 0 saturated carbocycles. The Kier molecular flexibility index (Phi) is 6.62. The minimum absolute atomic E-state index is 0.202. The van der Waals surface area contributed by atoms with Gasteiger partial charge in [-0.05, 0) is 22.3 Å². The number of rotatable bonds is 6. The Hall–Kier alpha value is -2.82. The Morgan fingerprint density at radius 3 is 2.24 bits per heavy atom. The summed E-state index contributed by atoms with van der Waals surface area (Å²) in [5.41, 5.74) is 5.38. The molecule has 9 heteroatoms. The van der Waals surface area contributed by atoms with Crippen molar-refractivity contribution in [1.29, 1.82) is 0 Å². The van der Waals surface area contributed by atoms with E-state index in [4.69, 9.17) is 19.6 Å². The summed E-state index contributed by atoms with van der Waals surface area (Å²) >= 11 is 0. The number of fused-ring (bicyclic) bond motifs is 2. The summed E-state index contributed by atoms with van der Waals surface area (Å²) in [7, 11) is -2.83. The predicted molar refractivity (Wildman–Crippen MR) is 145 cm³/mol. The Balaban J connectivity index is 1.56. The molecule has 3 N–H and O–H groups in total. The molecule has 8 nitrogen and oxygen atoms in total. The Labute approximate surface area is 217 Å². The van der Waals surface area contributed by atoms with Gasteiger partial charge in [-0.3, -0.25) is 14.3 Å². The topological polar surface area (TPSA) is 109 Å². The van der Waals surface area contributed by atoms with Crippen molar-refractivity contribution in [2.45, 2.75) is 63.1 Å². The van der Waals surface area contributed by atoms with E-state index in [-0.39, 0.29) is 11.6 Å². The van der Waals surface area contributed by atoms with Crippen LogP contribution in [0.5, 0.6) is 0 Å². The summed E-state index contributed by atoms with van der Waals surface area (Å²) in [4.78, 5) is 27.0. The molecule has 196 valence electrons. The number of aromatic amines is 1. The number of hydrogen-bond acceptors (Lipinski definition) is 6. The number of H-pyrrole nitrogens is 1. The van der Waals surface area contributed by atoms with Gasteiger partial charge in [0.05, 0.1) is 19.3 Å². The van der Waals surface area contributed by atoms with Crippen LogP contribution in [0.25, 0.3) is 0 Å². The van der Waals surface area contributed by atoms with Gasteiger partial charge in [0.1, 0.15) is 11.7 Å². The van der Waals surface area contributed by atoms with Gasteiger partial charge in [-0.2, -0.15) is 0 Å². The molecule has 37 heavy (non-hydrogen) atoms. The average molecular weight is 522 g/mol. The molecule has 3 heterocycles. The molecule has 5 rings (SSSR count). The van der Waals surface area contributed by atoms with E-state index in [1.54, 1.807) is 6.92 Å². The molecular formula is C28H35N3O5Si. The number of benzene rings is 2. The van der Waals surface area contributed by atoms with Crippen LogP contribution in [-0.4, -0.2) is 48.8 Å². The summed E-state index contributed by atoms with van der Waals surface area (Å²) in [6.07, 6.45) is 0.748. The van der Waals surface area contributed by atoms with Crippen molar-refractivity contribution in [3.05, 3.63) is 93.3 Å². The largest absolute Gasteiger partial charge is 0.404 e. The normalized spacial score (nSPS) is 25.8. The van der Waals surface area contributed by atoms with Crippen LogP contribution in [0.2, 0.25) is 5.04 Å². The third-order valence-electron chi connectivity index (χ3n) is 7.80. The van der Waals surface area contributed by atoms with Gasteiger partial charge in [0.2, 0.25) is 0 Å². The summed E-state index contributed by atoms with van der Waals surface area (Å²) in [6, 6.07) is 20.3. The highest BCUT2D eigenvalue weighted by molar-refractivity contribution is 6.99. The molecule has 2 aliphatic rings. The molecule has 3 aromatic rings. The summed E-state index contributed by atoms with van der Waals surface area (Å²) in [5, 5.41) is 2.14. The lowest BCUT2D eigenvalue weighted by Gasteiger charge is -2.46. The molecule has 0 aliphatic carbocycles. The number of aryl methyl sites for hydroxylation is 1. The molecule has 0 spiro atoms. The van der Waals surface area contributed by atoms with Crippen LogP contribution >= 0.6 is 0 Å². The molecule has 2 aromatic carbocycles. The van der Waals surface area contributed by atoms with Crippen LogP contribution in [0.15, 0.2) is 76.4 Å². The fourth-order valence-electron chi connectivity index (χ4n) is 5.83. The van der Waals surface area contributed by atoms with Crippen molar-refractivity contribution < 1.29 is 13.9 Å². The monoisotopic (exact) mass is 521 g/mol. The first-order chi connectivity index (χ1) is 17.6. The van der Waals surface area contributed by atoms with E-state index in [1.807, 2.05) is 12.1 Å². The first kappa shape index (κ1) is 25.8. The Morgan fingerprint density at radius 1 is 1.08 bits per heavy atom. The number of aromatic nitrogens is 2. The maximum absolute atomic E-state index is 12.7. The van der Waals surface area contributed by atoms with E-state index in [9.17, 15) is 9.59 Å². The lowest BCUT2D eigenvalue weighted by molar-refractivity contribution is -0.0996. The smallest absolute Gasteiger partial charge is 0.330 e. The molecule has 0 amide bonds. The van der Waals surface area contributed by atoms with E-state index >= 15 is 0 Å². The fourth-order valence-corrected chi connectivity index (χ4v) is 10.4. The molecule has 2 aliphatic heterocycles. The zero-order chi connectivity index (χ0) is 26.4.